The molecule has 0 spiro atoms. The molecule has 1 rings (SSSR count). The molecule has 2 nitrogen and oxygen atoms in total. The van der Waals surface area contributed by atoms with Gasteiger partial charge in [-0.3, -0.25) is 4.79 Å². The van der Waals surface area contributed by atoms with Crippen LogP contribution < -0.4 is 0 Å². The first-order valence-corrected chi connectivity index (χ1v) is 5.03. The zero-order chi connectivity index (χ0) is 10.1. The van der Waals surface area contributed by atoms with Gasteiger partial charge in [-0.15, -0.1) is 0 Å². The van der Waals surface area contributed by atoms with Crippen molar-refractivity contribution in [2.45, 2.75) is 40.0 Å². The Morgan fingerprint density at radius 3 is 2.54 bits per heavy atom. The van der Waals surface area contributed by atoms with E-state index in [4.69, 9.17) is 0 Å². The van der Waals surface area contributed by atoms with Gasteiger partial charge in [-0.05, 0) is 18.8 Å². The molecule has 0 radical (unpaired) electrons. The summed E-state index contributed by atoms with van der Waals surface area (Å²) in [5.74, 6) is 0.259. The molecule has 1 saturated carbocycles. The van der Waals surface area contributed by atoms with Gasteiger partial charge in [-0.25, -0.2) is 0 Å². The van der Waals surface area contributed by atoms with Gasteiger partial charge in [-0.2, -0.15) is 0 Å². The standard InChI is InChI=1S/C11H18O2/c1-4-9-6-5-8(7-12)10(13)11(9,2)3/h7-9H,4-6H2,1-3H3/t8?,9-/m0/s1. The van der Waals surface area contributed by atoms with Crippen molar-refractivity contribution in [2.75, 3.05) is 0 Å². The van der Waals surface area contributed by atoms with E-state index in [1.807, 2.05) is 13.8 Å². The summed E-state index contributed by atoms with van der Waals surface area (Å²) >= 11 is 0. The molecule has 74 valence electrons. The van der Waals surface area contributed by atoms with Crippen molar-refractivity contribution < 1.29 is 9.59 Å². The van der Waals surface area contributed by atoms with E-state index in [9.17, 15) is 9.59 Å². The Kier molecular flexibility index (Phi) is 2.89. The Balaban J connectivity index is 2.84. The van der Waals surface area contributed by atoms with Crippen molar-refractivity contribution in [2.24, 2.45) is 17.3 Å². The maximum Gasteiger partial charge on any atom is 0.148 e. The summed E-state index contributed by atoms with van der Waals surface area (Å²) in [5, 5.41) is 0. The number of carbonyl (C=O) groups is 2. The fraction of sp³-hybridized carbons (Fsp3) is 0.818. The predicted octanol–water partition coefficient (Wildman–Crippen LogP) is 2.22. The number of aldehydes is 1. The van der Waals surface area contributed by atoms with Gasteiger partial charge >= 0.3 is 0 Å². The third kappa shape index (κ3) is 1.67. The van der Waals surface area contributed by atoms with Gasteiger partial charge in [0.1, 0.15) is 12.1 Å². The molecule has 2 atom stereocenters. The van der Waals surface area contributed by atoms with Gasteiger partial charge in [0.25, 0.3) is 0 Å². The molecule has 0 aromatic carbocycles. The normalized spacial score (nSPS) is 33.0. The molecule has 1 aliphatic rings. The lowest BCUT2D eigenvalue weighted by Gasteiger charge is -2.39. The summed E-state index contributed by atoms with van der Waals surface area (Å²) in [6, 6.07) is 0. The molecule has 0 N–H and O–H groups in total. The maximum atomic E-state index is 11.8. The number of hydrogen-bond donors (Lipinski definition) is 0. The van der Waals surface area contributed by atoms with E-state index < -0.39 is 0 Å². The molecule has 0 saturated heterocycles. The number of ketones is 1. The Morgan fingerprint density at radius 1 is 1.46 bits per heavy atom. The van der Waals surface area contributed by atoms with Crippen LogP contribution in [0.5, 0.6) is 0 Å². The molecule has 0 heterocycles. The lowest BCUT2D eigenvalue weighted by molar-refractivity contribution is -0.140. The van der Waals surface area contributed by atoms with E-state index in [-0.39, 0.29) is 17.1 Å². The lowest BCUT2D eigenvalue weighted by atomic mass is 9.63. The van der Waals surface area contributed by atoms with E-state index in [0.29, 0.717) is 5.92 Å². The van der Waals surface area contributed by atoms with Crippen molar-refractivity contribution in [3.05, 3.63) is 0 Å². The highest BCUT2D eigenvalue weighted by atomic mass is 16.1. The summed E-state index contributed by atoms with van der Waals surface area (Å²) in [7, 11) is 0. The van der Waals surface area contributed by atoms with Gasteiger partial charge < -0.3 is 4.79 Å². The predicted molar refractivity (Wildman–Crippen MR) is 51.4 cm³/mol. The quantitative estimate of drug-likeness (QED) is 0.484. The number of carbonyl (C=O) groups excluding carboxylic acids is 2. The first kappa shape index (κ1) is 10.4. The molecule has 1 aliphatic carbocycles. The molecule has 0 aliphatic heterocycles. The molecule has 2 heteroatoms. The summed E-state index contributed by atoms with van der Waals surface area (Å²) in [4.78, 5) is 22.4. The van der Waals surface area contributed by atoms with Crippen molar-refractivity contribution in [1.82, 2.24) is 0 Å². The highest BCUT2D eigenvalue weighted by Crippen LogP contribution is 2.41. The van der Waals surface area contributed by atoms with Crippen LogP contribution in [0.25, 0.3) is 0 Å². The molecule has 0 aromatic rings. The largest absolute Gasteiger partial charge is 0.303 e. The Morgan fingerprint density at radius 2 is 2.08 bits per heavy atom. The second-order valence-electron chi connectivity index (χ2n) is 4.51. The van der Waals surface area contributed by atoms with Gasteiger partial charge in [0.05, 0.1) is 5.92 Å². The van der Waals surface area contributed by atoms with Crippen molar-refractivity contribution in [3.63, 3.8) is 0 Å². The van der Waals surface area contributed by atoms with Gasteiger partial charge in [-0.1, -0.05) is 27.2 Å². The van der Waals surface area contributed by atoms with Crippen LogP contribution in [0.1, 0.15) is 40.0 Å². The lowest BCUT2D eigenvalue weighted by Crippen LogP contribution is -2.42. The fourth-order valence-corrected chi connectivity index (χ4v) is 2.40. The topological polar surface area (TPSA) is 34.1 Å². The SMILES string of the molecule is CC[C@H]1CCC(C=O)C(=O)C1(C)C. The zero-order valence-corrected chi connectivity index (χ0v) is 8.67. The van der Waals surface area contributed by atoms with Crippen molar-refractivity contribution in [3.8, 4) is 0 Å². The van der Waals surface area contributed by atoms with Crippen molar-refractivity contribution >= 4 is 12.1 Å². The zero-order valence-electron chi connectivity index (χ0n) is 8.67. The van der Waals surface area contributed by atoms with E-state index in [0.717, 1.165) is 25.5 Å². The monoisotopic (exact) mass is 182 g/mol. The first-order chi connectivity index (χ1) is 6.04. The molecule has 1 unspecified atom stereocenters. The molecule has 0 bridgehead atoms. The van der Waals surface area contributed by atoms with E-state index >= 15 is 0 Å². The number of hydrogen-bond acceptors (Lipinski definition) is 2. The summed E-state index contributed by atoms with van der Waals surface area (Å²) in [6.07, 6.45) is 3.61. The third-order valence-electron chi connectivity index (χ3n) is 3.48. The van der Waals surface area contributed by atoms with Crippen LogP contribution >= 0.6 is 0 Å². The minimum atomic E-state index is -0.335. The average molecular weight is 182 g/mol. The first-order valence-electron chi connectivity index (χ1n) is 5.03. The van der Waals surface area contributed by atoms with Crippen molar-refractivity contribution in [1.29, 1.82) is 0 Å². The van der Waals surface area contributed by atoms with Crippen LogP contribution in [0, 0.1) is 17.3 Å². The molecule has 0 aromatic heterocycles. The molecule has 1 fully saturated rings. The molecular formula is C11H18O2. The van der Waals surface area contributed by atoms with Gasteiger partial charge in [0, 0.05) is 5.41 Å². The number of rotatable bonds is 2. The smallest absolute Gasteiger partial charge is 0.148 e. The van der Waals surface area contributed by atoms with Crippen LogP contribution in [0.4, 0.5) is 0 Å². The summed E-state index contributed by atoms with van der Waals surface area (Å²) < 4.78 is 0. The average Bonchev–Trinajstić information content (AvgIpc) is 2.09. The fourth-order valence-electron chi connectivity index (χ4n) is 2.40. The van der Waals surface area contributed by atoms with E-state index in [1.165, 1.54) is 0 Å². The Hall–Kier alpha value is -0.660. The highest BCUT2D eigenvalue weighted by Gasteiger charge is 2.43. The second-order valence-corrected chi connectivity index (χ2v) is 4.51. The van der Waals surface area contributed by atoms with E-state index in [2.05, 4.69) is 6.92 Å². The summed E-state index contributed by atoms with van der Waals surface area (Å²) in [6.45, 7) is 6.05. The number of Topliss-reactive ketones (excluding diaryl/α,β-unsaturated/α-hetero) is 1. The minimum Gasteiger partial charge on any atom is -0.303 e. The Bertz CT molecular complexity index is 218. The Labute approximate surface area is 79.7 Å². The van der Waals surface area contributed by atoms with Crippen LogP contribution in [0.3, 0.4) is 0 Å². The van der Waals surface area contributed by atoms with Gasteiger partial charge in [0.2, 0.25) is 0 Å². The van der Waals surface area contributed by atoms with Gasteiger partial charge in [0.15, 0.2) is 0 Å². The van der Waals surface area contributed by atoms with Crippen LogP contribution in [0.15, 0.2) is 0 Å². The molecule has 0 amide bonds. The maximum absolute atomic E-state index is 11.8. The summed E-state index contributed by atoms with van der Waals surface area (Å²) in [5.41, 5.74) is -0.293. The highest BCUT2D eigenvalue weighted by molar-refractivity contribution is 5.97. The van der Waals surface area contributed by atoms with E-state index in [1.54, 1.807) is 0 Å². The molecular weight excluding hydrogens is 164 g/mol. The molecule has 13 heavy (non-hydrogen) atoms. The van der Waals surface area contributed by atoms with Crippen LogP contribution in [-0.4, -0.2) is 12.1 Å². The van der Waals surface area contributed by atoms with Crippen LogP contribution in [-0.2, 0) is 9.59 Å². The van der Waals surface area contributed by atoms with Crippen LogP contribution in [0.2, 0.25) is 0 Å². The minimum absolute atomic E-state index is 0.139. The second kappa shape index (κ2) is 3.60. The third-order valence-corrected chi connectivity index (χ3v) is 3.48.